The zero-order chi connectivity index (χ0) is 26.9. The van der Waals surface area contributed by atoms with Crippen molar-refractivity contribution < 1.29 is 85.1 Å². The van der Waals surface area contributed by atoms with Crippen LogP contribution in [0.1, 0.15) is 22.3 Å². The summed E-state index contributed by atoms with van der Waals surface area (Å²) >= 11 is 0. The van der Waals surface area contributed by atoms with Gasteiger partial charge in [-0.05, 0) is 93.7 Å². The Kier molecular flexibility index (Phi) is 11.2. The molecule has 5 aromatic rings. The maximum atomic E-state index is 11.3. The summed E-state index contributed by atoms with van der Waals surface area (Å²) in [7, 11) is -8.95. The van der Waals surface area contributed by atoms with E-state index in [-0.39, 0.29) is 68.9 Å². The largest absolute Gasteiger partial charge is 1.00 e. The number of benzene rings is 5. The SMILES string of the molecule is O=S(=O)([O-])c1ccc(CCc2c3ccccc3c(CCc3ccc(S(=O)(=O)[O-])cc3)c3ccccc23)cc1.[Na+].[Na+]. The van der Waals surface area contributed by atoms with E-state index >= 15 is 0 Å². The summed E-state index contributed by atoms with van der Waals surface area (Å²) in [4.78, 5) is -0.461. The molecular formula is C30H24Na2O6S2. The van der Waals surface area contributed by atoms with Crippen LogP contribution in [0.4, 0.5) is 0 Å². The summed E-state index contributed by atoms with van der Waals surface area (Å²) in [5.74, 6) is 0. The van der Waals surface area contributed by atoms with E-state index in [0.29, 0.717) is 12.8 Å². The van der Waals surface area contributed by atoms with Crippen LogP contribution < -0.4 is 59.1 Å². The Balaban J connectivity index is 0.00000220. The molecule has 0 saturated carbocycles. The van der Waals surface area contributed by atoms with Gasteiger partial charge in [0.15, 0.2) is 0 Å². The molecule has 10 heteroatoms. The first-order valence-corrected chi connectivity index (χ1v) is 14.9. The van der Waals surface area contributed by atoms with Crippen LogP contribution in [0, 0.1) is 0 Å². The molecule has 0 aliphatic heterocycles. The van der Waals surface area contributed by atoms with Gasteiger partial charge in [0.25, 0.3) is 0 Å². The van der Waals surface area contributed by atoms with E-state index in [0.717, 1.165) is 45.5 Å². The molecule has 194 valence electrons. The average molecular weight is 591 g/mol. The van der Waals surface area contributed by atoms with Gasteiger partial charge in [-0.1, -0.05) is 72.8 Å². The van der Waals surface area contributed by atoms with E-state index in [1.807, 2.05) is 24.3 Å². The second-order valence-electron chi connectivity index (χ2n) is 9.24. The van der Waals surface area contributed by atoms with Crippen LogP contribution in [0.25, 0.3) is 21.5 Å². The molecule has 0 fully saturated rings. The fourth-order valence-electron chi connectivity index (χ4n) is 5.03. The van der Waals surface area contributed by atoms with Crippen molar-refractivity contribution in [3.05, 3.63) is 119 Å². The van der Waals surface area contributed by atoms with Crippen molar-refractivity contribution in [2.45, 2.75) is 35.5 Å². The molecule has 5 aromatic carbocycles. The van der Waals surface area contributed by atoms with Gasteiger partial charge in [-0.15, -0.1) is 0 Å². The van der Waals surface area contributed by atoms with Crippen molar-refractivity contribution in [2.24, 2.45) is 0 Å². The van der Waals surface area contributed by atoms with Gasteiger partial charge >= 0.3 is 59.1 Å². The van der Waals surface area contributed by atoms with Gasteiger partial charge in [-0.3, -0.25) is 0 Å². The molecule has 0 heterocycles. The molecule has 0 aromatic heterocycles. The summed E-state index contributed by atoms with van der Waals surface area (Å²) < 4.78 is 67.5. The van der Waals surface area contributed by atoms with Crippen molar-refractivity contribution in [1.29, 1.82) is 0 Å². The van der Waals surface area contributed by atoms with E-state index < -0.39 is 20.2 Å². The number of rotatable bonds is 8. The first-order chi connectivity index (χ1) is 18.1. The minimum atomic E-state index is -4.47. The summed E-state index contributed by atoms with van der Waals surface area (Å²) in [5, 5.41) is 4.58. The minimum Gasteiger partial charge on any atom is -0.744 e. The summed E-state index contributed by atoms with van der Waals surface area (Å²) in [5.41, 5.74) is 4.28. The predicted molar refractivity (Wildman–Crippen MR) is 145 cm³/mol. The van der Waals surface area contributed by atoms with E-state index in [4.69, 9.17) is 0 Å². The van der Waals surface area contributed by atoms with Crippen LogP contribution >= 0.6 is 0 Å². The van der Waals surface area contributed by atoms with Crippen LogP contribution in [0.5, 0.6) is 0 Å². The van der Waals surface area contributed by atoms with Crippen LogP contribution in [0.15, 0.2) is 107 Å². The molecule has 0 saturated heterocycles. The zero-order valence-electron chi connectivity index (χ0n) is 22.3. The van der Waals surface area contributed by atoms with Crippen molar-refractivity contribution >= 4 is 41.8 Å². The Labute approximate surface area is 278 Å². The molecule has 0 bridgehead atoms. The molecule has 0 unspecified atom stereocenters. The third kappa shape index (κ3) is 7.44. The number of hydrogen-bond donors (Lipinski definition) is 0. The second kappa shape index (κ2) is 13.6. The quantitative estimate of drug-likeness (QED) is 0.135. The molecule has 0 aliphatic rings. The van der Waals surface area contributed by atoms with Gasteiger partial charge < -0.3 is 9.11 Å². The number of hydrogen-bond acceptors (Lipinski definition) is 6. The fraction of sp³-hybridized carbons (Fsp3) is 0.133. The molecule has 6 nitrogen and oxygen atoms in total. The zero-order valence-corrected chi connectivity index (χ0v) is 28.0. The molecular weight excluding hydrogens is 566 g/mol. The van der Waals surface area contributed by atoms with E-state index in [2.05, 4.69) is 24.3 Å². The Hall–Kier alpha value is -1.56. The predicted octanol–water partition coefficient (Wildman–Crippen LogP) is -0.620. The van der Waals surface area contributed by atoms with Crippen LogP contribution in [-0.4, -0.2) is 25.9 Å². The average Bonchev–Trinajstić information content (AvgIpc) is 2.90. The second-order valence-corrected chi connectivity index (χ2v) is 12.0. The molecule has 0 amide bonds. The van der Waals surface area contributed by atoms with E-state index in [1.165, 1.54) is 35.4 Å². The summed E-state index contributed by atoms with van der Waals surface area (Å²) in [6.07, 6.45) is 2.83. The number of fused-ring (bicyclic) bond motifs is 2. The Morgan fingerprint density at radius 1 is 0.425 bits per heavy atom. The van der Waals surface area contributed by atoms with Gasteiger partial charge in [0.2, 0.25) is 0 Å². The van der Waals surface area contributed by atoms with Crippen molar-refractivity contribution in [2.75, 3.05) is 0 Å². The van der Waals surface area contributed by atoms with Crippen molar-refractivity contribution in [3.63, 3.8) is 0 Å². The van der Waals surface area contributed by atoms with Gasteiger partial charge in [-0.2, -0.15) is 0 Å². The minimum absolute atomic E-state index is 0. The molecule has 40 heavy (non-hydrogen) atoms. The van der Waals surface area contributed by atoms with Gasteiger partial charge in [0.1, 0.15) is 20.2 Å². The van der Waals surface area contributed by atoms with Crippen molar-refractivity contribution in [3.8, 4) is 0 Å². The normalized spacial score (nSPS) is 11.7. The molecule has 0 aliphatic carbocycles. The summed E-state index contributed by atoms with van der Waals surface area (Å²) in [6.45, 7) is 0. The van der Waals surface area contributed by atoms with Gasteiger partial charge in [0.05, 0.1) is 9.79 Å². The van der Waals surface area contributed by atoms with Gasteiger partial charge in [0, 0.05) is 0 Å². The van der Waals surface area contributed by atoms with Crippen LogP contribution in [0.2, 0.25) is 0 Å². The monoisotopic (exact) mass is 590 g/mol. The Morgan fingerprint density at radius 3 is 0.950 bits per heavy atom. The fourth-order valence-corrected chi connectivity index (χ4v) is 5.97. The first-order valence-electron chi connectivity index (χ1n) is 12.1. The van der Waals surface area contributed by atoms with Gasteiger partial charge in [-0.25, -0.2) is 16.8 Å². The Morgan fingerprint density at radius 2 is 0.700 bits per heavy atom. The third-order valence-corrected chi connectivity index (χ3v) is 8.61. The first kappa shape index (κ1) is 32.9. The summed E-state index contributed by atoms with van der Waals surface area (Å²) in [6, 6.07) is 28.7. The third-order valence-electron chi connectivity index (χ3n) is 6.91. The maximum Gasteiger partial charge on any atom is 1.00 e. The standard InChI is InChI=1S/C30H26O6S2.2Na/c31-37(32,33)23-15-9-21(10-16-23)13-19-29-25-5-1-2-6-26(25)30(28-8-4-3-7-27(28)29)20-14-22-11-17-24(18-12-22)38(34,35)36;;/h1-12,15-18H,13-14,19-20H2,(H,31,32,33)(H,34,35,36);;/q;2*+1/p-2. The van der Waals surface area contributed by atoms with E-state index in [1.54, 1.807) is 24.3 Å². The number of aryl methyl sites for hydroxylation is 4. The molecule has 5 rings (SSSR count). The Bertz CT molecular complexity index is 1660. The molecule has 0 atom stereocenters. The molecule has 0 N–H and O–H groups in total. The molecule has 0 spiro atoms. The van der Waals surface area contributed by atoms with Crippen LogP contribution in [0.3, 0.4) is 0 Å². The maximum absolute atomic E-state index is 11.3. The topological polar surface area (TPSA) is 114 Å². The molecule has 0 radical (unpaired) electrons. The van der Waals surface area contributed by atoms with Crippen LogP contribution in [-0.2, 0) is 45.9 Å². The van der Waals surface area contributed by atoms with Crippen molar-refractivity contribution in [1.82, 2.24) is 0 Å². The smallest absolute Gasteiger partial charge is 0.744 e. The van der Waals surface area contributed by atoms with E-state index in [9.17, 15) is 25.9 Å².